The Kier molecular flexibility index (Phi) is 3.53. The van der Waals surface area contributed by atoms with Crippen molar-refractivity contribution in [3.8, 4) is 5.88 Å². The van der Waals surface area contributed by atoms with Gasteiger partial charge in [0.15, 0.2) is 0 Å². The average molecular weight is 352 g/mol. The molecular weight excluding hydrogens is 332 g/mol. The van der Waals surface area contributed by atoms with Crippen LogP contribution >= 0.6 is 0 Å². The second-order valence-corrected chi connectivity index (χ2v) is 7.15. The molecule has 26 heavy (non-hydrogen) atoms. The lowest BCUT2D eigenvalue weighted by Gasteiger charge is -2.49. The van der Waals surface area contributed by atoms with Gasteiger partial charge in [0.25, 0.3) is 5.91 Å². The number of hydrogen-bond donors (Lipinski definition) is 1. The van der Waals surface area contributed by atoms with Crippen LogP contribution in [-0.2, 0) is 0 Å². The summed E-state index contributed by atoms with van der Waals surface area (Å²) in [6, 6.07) is 4.08. The van der Waals surface area contributed by atoms with Crippen molar-refractivity contribution in [1.82, 2.24) is 30.2 Å². The molecule has 2 atom stereocenters. The number of nitrogens with one attached hydrogen (secondary N) is 1. The highest BCUT2D eigenvalue weighted by Gasteiger charge is 2.40. The molecule has 134 valence electrons. The fraction of sp³-hybridized carbons (Fsp3) is 0.444. The SMILES string of the molecule is C[C@H]1[C@H](NC(=O)c2cc3oc(-n4ccnn4)cc3cn2)C2CCN1CC2. The summed E-state index contributed by atoms with van der Waals surface area (Å²) in [5.41, 5.74) is 0.984. The van der Waals surface area contributed by atoms with E-state index in [9.17, 15) is 4.79 Å². The van der Waals surface area contributed by atoms with E-state index in [0.717, 1.165) is 31.3 Å². The molecule has 3 saturated heterocycles. The molecule has 8 heteroatoms. The number of aromatic nitrogens is 4. The van der Waals surface area contributed by atoms with Gasteiger partial charge < -0.3 is 9.73 Å². The van der Waals surface area contributed by atoms with Gasteiger partial charge >= 0.3 is 0 Å². The highest BCUT2D eigenvalue weighted by Crippen LogP contribution is 2.32. The van der Waals surface area contributed by atoms with Crippen LogP contribution in [0.4, 0.5) is 0 Å². The standard InChI is InChI=1S/C18H20N6O2/c1-11-17(12-2-5-23(11)6-3-12)21-18(25)14-9-15-13(10-19-14)8-16(26-15)24-7-4-20-22-24/h4,7-12,17H,2-3,5-6H2,1H3,(H,21,25)/t11-,17-/m0/s1. The molecular formula is C18H20N6O2. The van der Waals surface area contributed by atoms with Crippen LogP contribution in [0.2, 0.25) is 0 Å². The molecule has 2 bridgehead atoms. The number of piperidine rings is 3. The summed E-state index contributed by atoms with van der Waals surface area (Å²) in [5, 5.41) is 11.7. The zero-order chi connectivity index (χ0) is 17.7. The minimum absolute atomic E-state index is 0.142. The van der Waals surface area contributed by atoms with E-state index in [2.05, 4.69) is 32.4 Å². The van der Waals surface area contributed by atoms with Gasteiger partial charge in [-0.1, -0.05) is 5.21 Å². The van der Waals surface area contributed by atoms with E-state index in [1.165, 1.54) is 4.68 Å². The molecule has 3 aromatic heterocycles. The molecule has 3 aromatic rings. The molecule has 3 fully saturated rings. The van der Waals surface area contributed by atoms with Crippen LogP contribution in [0.15, 0.2) is 35.1 Å². The maximum absolute atomic E-state index is 12.8. The van der Waals surface area contributed by atoms with Gasteiger partial charge in [0, 0.05) is 35.8 Å². The molecule has 0 aliphatic carbocycles. The van der Waals surface area contributed by atoms with Crippen LogP contribution in [0.3, 0.4) is 0 Å². The normalized spacial score (nSPS) is 27.7. The van der Waals surface area contributed by atoms with Crippen LogP contribution in [-0.4, -0.2) is 56.0 Å². The van der Waals surface area contributed by atoms with Crippen molar-refractivity contribution in [2.75, 3.05) is 13.1 Å². The van der Waals surface area contributed by atoms with Crippen molar-refractivity contribution in [1.29, 1.82) is 0 Å². The monoisotopic (exact) mass is 352 g/mol. The molecule has 3 aliphatic heterocycles. The Labute approximate surface area is 150 Å². The van der Waals surface area contributed by atoms with Crippen molar-refractivity contribution in [2.24, 2.45) is 5.92 Å². The fourth-order valence-corrected chi connectivity index (χ4v) is 4.25. The molecule has 0 radical (unpaired) electrons. The highest BCUT2D eigenvalue weighted by molar-refractivity contribution is 5.95. The highest BCUT2D eigenvalue weighted by atomic mass is 16.4. The Bertz CT molecular complexity index is 940. The van der Waals surface area contributed by atoms with Crippen LogP contribution in [0.25, 0.3) is 16.9 Å². The van der Waals surface area contributed by atoms with Gasteiger partial charge in [0.05, 0.1) is 12.4 Å². The molecule has 0 aromatic carbocycles. The number of carbonyl (C=O) groups is 1. The van der Waals surface area contributed by atoms with E-state index < -0.39 is 0 Å². The number of hydrogen-bond acceptors (Lipinski definition) is 6. The van der Waals surface area contributed by atoms with Gasteiger partial charge in [-0.2, -0.15) is 4.68 Å². The first kappa shape index (κ1) is 15.5. The van der Waals surface area contributed by atoms with Crippen molar-refractivity contribution >= 4 is 16.9 Å². The van der Waals surface area contributed by atoms with Crippen LogP contribution in [0.1, 0.15) is 30.3 Å². The minimum atomic E-state index is -0.142. The van der Waals surface area contributed by atoms with E-state index >= 15 is 0 Å². The number of fused-ring (bicyclic) bond motifs is 4. The number of pyridine rings is 1. The summed E-state index contributed by atoms with van der Waals surface area (Å²) in [5.74, 6) is 0.962. The van der Waals surface area contributed by atoms with Crippen molar-refractivity contribution in [3.63, 3.8) is 0 Å². The molecule has 6 rings (SSSR count). The first-order valence-electron chi connectivity index (χ1n) is 9.00. The summed E-state index contributed by atoms with van der Waals surface area (Å²) in [6.45, 7) is 4.48. The van der Waals surface area contributed by atoms with Crippen molar-refractivity contribution in [3.05, 3.63) is 36.4 Å². The molecule has 1 N–H and O–H groups in total. The summed E-state index contributed by atoms with van der Waals surface area (Å²) >= 11 is 0. The van der Waals surface area contributed by atoms with E-state index in [0.29, 0.717) is 29.1 Å². The van der Waals surface area contributed by atoms with Crippen molar-refractivity contribution in [2.45, 2.75) is 31.8 Å². The third-order valence-corrected chi connectivity index (χ3v) is 5.75. The van der Waals surface area contributed by atoms with Gasteiger partial charge in [0.1, 0.15) is 11.3 Å². The van der Waals surface area contributed by atoms with Gasteiger partial charge in [-0.25, -0.2) is 0 Å². The lowest BCUT2D eigenvalue weighted by atomic mass is 9.79. The topological polar surface area (TPSA) is 89.1 Å². The van der Waals surface area contributed by atoms with Gasteiger partial charge in [-0.05, 0) is 38.8 Å². The Morgan fingerprint density at radius 3 is 2.88 bits per heavy atom. The third-order valence-electron chi connectivity index (χ3n) is 5.75. The Hall–Kier alpha value is -2.74. The van der Waals surface area contributed by atoms with Gasteiger partial charge in [-0.3, -0.25) is 14.7 Å². The smallest absolute Gasteiger partial charge is 0.270 e. The quantitative estimate of drug-likeness (QED) is 0.770. The molecule has 1 amide bonds. The first-order valence-corrected chi connectivity index (χ1v) is 9.00. The third kappa shape index (κ3) is 2.48. The number of furan rings is 1. The van der Waals surface area contributed by atoms with Crippen molar-refractivity contribution < 1.29 is 9.21 Å². The summed E-state index contributed by atoms with van der Waals surface area (Å²) in [7, 11) is 0. The zero-order valence-corrected chi connectivity index (χ0v) is 14.5. The van der Waals surface area contributed by atoms with Gasteiger partial charge in [-0.15, -0.1) is 5.10 Å². The van der Waals surface area contributed by atoms with E-state index in [1.807, 2.05) is 6.07 Å². The Morgan fingerprint density at radius 1 is 1.31 bits per heavy atom. The summed E-state index contributed by atoms with van der Waals surface area (Å²) in [4.78, 5) is 19.5. The second-order valence-electron chi connectivity index (χ2n) is 7.15. The van der Waals surface area contributed by atoms with E-state index in [4.69, 9.17) is 4.42 Å². The fourth-order valence-electron chi connectivity index (χ4n) is 4.25. The average Bonchev–Trinajstić information content (AvgIpc) is 3.33. The molecule has 8 nitrogen and oxygen atoms in total. The van der Waals surface area contributed by atoms with Crippen LogP contribution in [0.5, 0.6) is 0 Å². The first-order chi connectivity index (χ1) is 12.7. The molecule has 3 aliphatic rings. The zero-order valence-electron chi connectivity index (χ0n) is 14.5. The van der Waals surface area contributed by atoms with E-state index in [1.54, 1.807) is 24.7 Å². The summed E-state index contributed by atoms with van der Waals surface area (Å²) < 4.78 is 7.33. The van der Waals surface area contributed by atoms with E-state index in [-0.39, 0.29) is 11.9 Å². The molecule has 0 spiro atoms. The number of carbonyl (C=O) groups excluding carboxylic acids is 1. The maximum Gasteiger partial charge on any atom is 0.270 e. The predicted molar refractivity (Wildman–Crippen MR) is 93.9 cm³/mol. The molecule has 0 unspecified atom stereocenters. The minimum Gasteiger partial charge on any atom is -0.438 e. The number of rotatable bonds is 3. The number of nitrogens with zero attached hydrogens (tertiary/aromatic N) is 5. The van der Waals surface area contributed by atoms with Crippen LogP contribution in [0, 0.1) is 5.92 Å². The lowest BCUT2D eigenvalue weighted by molar-refractivity contribution is 0.0216. The predicted octanol–water partition coefficient (Wildman–Crippen LogP) is 1.62. The maximum atomic E-state index is 12.8. The second kappa shape index (κ2) is 5.91. The lowest BCUT2D eigenvalue weighted by Crippen LogP contribution is -2.62. The van der Waals surface area contributed by atoms with Gasteiger partial charge in [0.2, 0.25) is 5.88 Å². The summed E-state index contributed by atoms with van der Waals surface area (Å²) in [6.07, 6.45) is 7.25. The van der Waals surface area contributed by atoms with Crippen LogP contribution < -0.4 is 5.32 Å². The molecule has 0 saturated carbocycles. The Morgan fingerprint density at radius 2 is 2.15 bits per heavy atom. The largest absolute Gasteiger partial charge is 0.438 e. The Balaban J connectivity index is 1.39. The molecule has 6 heterocycles. The number of amides is 1.